The van der Waals surface area contributed by atoms with Crippen LogP contribution >= 0.6 is 15.9 Å². The lowest BCUT2D eigenvalue weighted by Crippen LogP contribution is -2.26. The fraction of sp³-hybridized carbons (Fsp3) is 0.500. The number of nitrogens with zero attached hydrogens (tertiary/aromatic N) is 2. The number of aryl methyl sites for hydroxylation is 1. The molecule has 0 aromatic carbocycles. The predicted molar refractivity (Wildman–Crippen MR) is 58.8 cm³/mol. The van der Waals surface area contributed by atoms with Gasteiger partial charge in [0.05, 0.1) is 24.6 Å². The van der Waals surface area contributed by atoms with E-state index in [-0.39, 0.29) is 18.7 Å². The summed E-state index contributed by atoms with van der Waals surface area (Å²) in [5.41, 5.74) is 0.226. The molecule has 7 heteroatoms. The second-order valence-electron chi connectivity index (χ2n) is 3.02. The van der Waals surface area contributed by atoms with Gasteiger partial charge in [0.25, 0.3) is 5.56 Å². The Bertz CT molecular complexity index is 393. The van der Waals surface area contributed by atoms with Crippen LogP contribution in [0.2, 0.25) is 0 Å². The van der Waals surface area contributed by atoms with Crippen molar-refractivity contribution in [2.24, 2.45) is 7.05 Å². The van der Waals surface area contributed by atoms with E-state index in [9.17, 15) is 4.79 Å². The van der Waals surface area contributed by atoms with Crippen molar-refractivity contribution in [3.63, 3.8) is 0 Å². The Hall–Kier alpha value is -0.920. The van der Waals surface area contributed by atoms with Gasteiger partial charge in [-0.1, -0.05) is 0 Å². The average Bonchev–Trinajstić information content (AvgIpc) is 2.24. The summed E-state index contributed by atoms with van der Waals surface area (Å²) in [5.74, 6) is 0. The van der Waals surface area contributed by atoms with Gasteiger partial charge in [-0.3, -0.25) is 4.79 Å². The molecule has 0 aliphatic carbocycles. The van der Waals surface area contributed by atoms with Crippen molar-refractivity contribution >= 4 is 21.6 Å². The number of anilines is 1. The molecule has 1 unspecified atom stereocenters. The van der Waals surface area contributed by atoms with Gasteiger partial charge < -0.3 is 15.5 Å². The average molecular weight is 278 g/mol. The minimum Gasteiger partial charge on any atom is -0.394 e. The van der Waals surface area contributed by atoms with E-state index in [1.165, 1.54) is 10.9 Å². The molecule has 0 bridgehead atoms. The summed E-state index contributed by atoms with van der Waals surface area (Å²) >= 11 is 3.12. The first-order valence-corrected chi connectivity index (χ1v) is 5.10. The van der Waals surface area contributed by atoms with Gasteiger partial charge in [-0.15, -0.1) is 0 Å². The normalized spacial score (nSPS) is 12.5. The van der Waals surface area contributed by atoms with Crippen molar-refractivity contribution in [1.29, 1.82) is 0 Å². The van der Waals surface area contributed by atoms with E-state index in [1.807, 2.05) is 0 Å². The van der Waals surface area contributed by atoms with Gasteiger partial charge in [-0.2, -0.15) is 5.10 Å². The molecule has 1 heterocycles. The molecule has 1 rings (SSSR count). The Morgan fingerprint density at radius 3 is 3.00 bits per heavy atom. The van der Waals surface area contributed by atoms with Crippen LogP contribution in [0.1, 0.15) is 0 Å². The zero-order valence-electron chi connectivity index (χ0n) is 8.14. The largest absolute Gasteiger partial charge is 0.394 e. The quantitative estimate of drug-likeness (QED) is 0.678. The van der Waals surface area contributed by atoms with Gasteiger partial charge in [0.15, 0.2) is 0 Å². The molecule has 0 radical (unpaired) electrons. The maximum Gasteiger partial charge on any atom is 0.282 e. The first kappa shape index (κ1) is 12.2. The van der Waals surface area contributed by atoms with E-state index in [1.54, 1.807) is 7.05 Å². The minimum atomic E-state index is -0.860. The summed E-state index contributed by atoms with van der Waals surface area (Å²) in [7, 11) is 1.54. The highest BCUT2D eigenvalue weighted by Crippen LogP contribution is 2.15. The van der Waals surface area contributed by atoms with Crippen LogP contribution in [0.4, 0.5) is 5.69 Å². The van der Waals surface area contributed by atoms with Crippen molar-refractivity contribution in [2.45, 2.75) is 6.10 Å². The fourth-order valence-electron chi connectivity index (χ4n) is 0.926. The molecule has 6 nitrogen and oxygen atoms in total. The van der Waals surface area contributed by atoms with Crippen LogP contribution in [0, 0.1) is 0 Å². The van der Waals surface area contributed by atoms with Crippen molar-refractivity contribution in [3.8, 4) is 0 Å². The third kappa shape index (κ3) is 3.01. The number of aliphatic hydroxyl groups excluding tert-OH is 2. The summed E-state index contributed by atoms with van der Waals surface area (Å²) in [6, 6.07) is 0. The molecule has 0 amide bonds. The molecular formula is C8H12BrN3O3. The van der Waals surface area contributed by atoms with E-state index in [0.29, 0.717) is 10.2 Å². The van der Waals surface area contributed by atoms with Crippen molar-refractivity contribution in [2.75, 3.05) is 18.5 Å². The highest BCUT2D eigenvalue weighted by atomic mass is 79.9. The minimum absolute atomic E-state index is 0.157. The van der Waals surface area contributed by atoms with E-state index < -0.39 is 6.10 Å². The Morgan fingerprint density at radius 2 is 2.40 bits per heavy atom. The standard InChI is InChI=1S/C8H12BrN3O3/c1-12-8(15)7(9)6(3-11-12)10-2-5(14)4-13/h3,5,10,13-14H,2,4H2,1H3. The SMILES string of the molecule is Cn1ncc(NCC(O)CO)c(Br)c1=O. The molecule has 0 aliphatic rings. The van der Waals surface area contributed by atoms with Crippen LogP contribution in [-0.2, 0) is 7.05 Å². The molecule has 1 aromatic heterocycles. The Balaban J connectivity index is 2.79. The van der Waals surface area contributed by atoms with Gasteiger partial charge in [0, 0.05) is 13.6 Å². The van der Waals surface area contributed by atoms with Gasteiger partial charge in [-0.25, -0.2) is 4.68 Å². The van der Waals surface area contributed by atoms with E-state index in [4.69, 9.17) is 10.2 Å². The van der Waals surface area contributed by atoms with Gasteiger partial charge >= 0.3 is 0 Å². The first-order chi connectivity index (χ1) is 7.06. The smallest absolute Gasteiger partial charge is 0.282 e. The van der Waals surface area contributed by atoms with Crippen LogP contribution in [0.5, 0.6) is 0 Å². The lowest BCUT2D eigenvalue weighted by molar-refractivity contribution is 0.105. The first-order valence-electron chi connectivity index (χ1n) is 4.31. The number of hydrogen-bond donors (Lipinski definition) is 3. The Labute approximate surface area is 94.7 Å². The molecule has 15 heavy (non-hydrogen) atoms. The molecule has 0 aliphatic heterocycles. The third-order valence-electron chi connectivity index (χ3n) is 1.82. The molecule has 0 saturated carbocycles. The highest BCUT2D eigenvalue weighted by molar-refractivity contribution is 9.10. The van der Waals surface area contributed by atoms with Crippen LogP contribution < -0.4 is 10.9 Å². The summed E-state index contributed by atoms with van der Waals surface area (Å²) in [4.78, 5) is 11.4. The zero-order chi connectivity index (χ0) is 11.4. The van der Waals surface area contributed by atoms with Crippen LogP contribution in [0.25, 0.3) is 0 Å². The fourth-order valence-corrected chi connectivity index (χ4v) is 1.43. The van der Waals surface area contributed by atoms with Crippen molar-refractivity contribution in [1.82, 2.24) is 9.78 Å². The van der Waals surface area contributed by atoms with E-state index in [2.05, 4.69) is 26.3 Å². The third-order valence-corrected chi connectivity index (χ3v) is 2.58. The van der Waals surface area contributed by atoms with Gasteiger partial charge in [-0.05, 0) is 15.9 Å². The number of aromatic nitrogens is 2. The molecule has 84 valence electrons. The summed E-state index contributed by atoms with van der Waals surface area (Å²) < 4.78 is 1.54. The Kier molecular flexibility index (Phi) is 4.25. The van der Waals surface area contributed by atoms with Crippen molar-refractivity contribution in [3.05, 3.63) is 21.0 Å². The second-order valence-corrected chi connectivity index (χ2v) is 3.81. The molecule has 3 N–H and O–H groups in total. The maximum absolute atomic E-state index is 11.4. The number of aliphatic hydroxyl groups is 2. The summed E-state index contributed by atoms with van der Waals surface area (Å²) in [6.07, 6.45) is 0.608. The summed E-state index contributed by atoms with van der Waals surface area (Å²) in [5, 5.41) is 24.3. The molecule has 0 saturated heterocycles. The Morgan fingerprint density at radius 1 is 1.73 bits per heavy atom. The predicted octanol–water partition coefficient (Wildman–Crippen LogP) is -0.692. The molecular weight excluding hydrogens is 266 g/mol. The number of nitrogens with one attached hydrogen (secondary N) is 1. The second kappa shape index (κ2) is 5.24. The number of halogens is 1. The van der Waals surface area contributed by atoms with Crippen LogP contribution in [-0.4, -0.2) is 39.2 Å². The molecule has 1 atom stereocenters. The van der Waals surface area contributed by atoms with Crippen LogP contribution in [0.15, 0.2) is 15.5 Å². The summed E-state index contributed by atoms with van der Waals surface area (Å²) in [6.45, 7) is -0.174. The van der Waals surface area contributed by atoms with E-state index >= 15 is 0 Å². The highest BCUT2D eigenvalue weighted by Gasteiger charge is 2.08. The lowest BCUT2D eigenvalue weighted by atomic mass is 10.3. The number of rotatable bonds is 4. The molecule has 0 spiro atoms. The van der Waals surface area contributed by atoms with Crippen molar-refractivity contribution < 1.29 is 10.2 Å². The molecule has 0 fully saturated rings. The van der Waals surface area contributed by atoms with Gasteiger partial charge in [0.1, 0.15) is 4.47 Å². The van der Waals surface area contributed by atoms with E-state index in [0.717, 1.165) is 0 Å². The van der Waals surface area contributed by atoms with Gasteiger partial charge in [0.2, 0.25) is 0 Å². The van der Waals surface area contributed by atoms with Crippen LogP contribution in [0.3, 0.4) is 0 Å². The zero-order valence-corrected chi connectivity index (χ0v) is 9.73. The lowest BCUT2D eigenvalue weighted by Gasteiger charge is -2.11. The maximum atomic E-state index is 11.4. The molecule has 1 aromatic rings. The number of hydrogen-bond acceptors (Lipinski definition) is 5. The topological polar surface area (TPSA) is 87.4 Å². The monoisotopic (exact) mass is 277 g/mol.